The van der Waals surface area contributed by atoms with Gasteiger partial charge in [0.05, 0.1) is 32.7 Å². The number of carbonyl (C=O) groups is 1. The predicted octanol–water partition coefficient (Wildman–Crippen LogP) is 2.87. The topological polar surface area (TPSA) is 94.1 Å². The van der Waals surface area contributed by atoms with Gasteiger partial charge < -0.3 is 5.73 Å². The number of amides is 1. The fourth-order valence-electron chi connectivity index (χ4n) is 4.32. The Hall–Kier alpha value is -3.10. The van der Waals surface area contributed by atoms with E-state index in [-0.39, 0.29) is 12.1 Å². The number of fused-ring (bicyclic) bond motifs is 2. The number of aromatic nitrogens is 3. The van der Waals surface area contributed by atoms with Crippen LogP contribution in [0.4, 0.5) is 0 Å². The van der Waals surface area contributed by atoms with Crippen molar-refractivity contribution in [1.82, 2.24) is 19.4 Å². The number of nitrogens with zero attached hydrogens (tertiary/aromatic N) is 4. The zero-order valence-corrected chi connectivity index (χ0v) is 17.8. The van der Waals surface area contributed by atoms with Crippen molar-refractivity contribution >= 4 is 38.4 Å². The lowest BCUT2D eigenvalue weighted by molar-refractivity contribution is -0.118. The lowest BCUT2D eigenvalue weighted by atomic mass is 9.98. The molecule has 0 saturated carbocycles. The molecule has 1 aliphatic heterocycles. The van der Waals surface area contributed by atoms with Gasteiger partial charge in [-0.05, 0) is 43.7 Å². The van der Waals surface area contributed by atoms with Crippen LogP contribution in [0.1, 0.15) is 29.6 Å². The number of benzene rings is 2. The maximum atomic E-state index is 13.0. The number of primary amides is 1. The summed E-state index contributed by atoms with van der Waals surface area (Å²) in [5, 5.41) is 1.66. The molecule has 0 radical (unpaired) electrons. The van der Waals surface area contributed by atoms with Crippen LogP contribution >= 0.6 is 11.3 Å². The normalized spacial score (nSPS) is 17.4. The molecule has 7 nitrogen and oxygen atoms in total. The Kier molecular flexibility index (Phi) is 5.25. The zero-order chi connectivity index (χ0) is 21.4. The standard InChI is InChI=1S/C23H23N5O2S/c24-20(29)13-28-21(25-17-8-2-1-7-16(17)23(28)30)14-27-11-5-6-15(12-27)22-26-18-9-3-4-10-19(18)31-22/h1-4,7-10,15H,5-6,11-14H2,(H2,24,29)/t15-/m0/s1. The molecule has 1 aliphatic rings. The molecule has 2 N–H and O–H groups in total. The molecule has 5 rings (SSSR count). The number of hydrogen-bond donors (Lipinski definition) is 1. The Balaban J connectivity index is 1.44. The number of likely N-dealkylation sites (tertiary alicyclic amines) is 1. The third-order valence-electron chi connectivity index (χ3n) is 5.78. The van der Waals surface area contributed by atoms with E-state index >= 15 is 0 Å². The van der Waals surface area contributed by atoms with Crippen LogP contribution in [0, 0.1) is 0 Å². The van der Waals surface area contributed by atoms with Gasteiger partial charge >= 0.3 is 0 Å². The van der Waals surface area contributed by atoms with Gasteiger partial charge in [0.15, 0.2) is 0 Å². The molecule has 31 heavy (non-hydrogen) atoms. The van der Waals surface area contributed by atoms with Crippen molar-refractivity contribution in [3.05, 3.63) is 69.7 Å². The Morgan fingerprint density at radius 1 is 1.10 bits per heavy atom. The molecule has 1 saturated heterocycles. The van der Waals surface area contributed by atoms with Gasteiger partial charge in [-0.2, -0.15) is 0 Å². The smallest absolute Gasteiger partial charge is 0.261 e. The minimum atomic E-state index is -0.550. The Morgan fingerprint density at radius 3 is 2.68 bits per heavy atom. The average molecular weight is 434 g/mol. The fourth-order valence-corrected chi connectivity index (χ4v) is 5.41. The van der Waals surface area contributed by atoms with Crippen molar-refractivity contribution in [2.24, 2.45) is 5.73 Å². The number of carbonyl (C=O) groups excluding carboxylic acids is 1. The van der Waals surface area contributed by atoms with Gasteiger partial charge in [-0.15, -0.1) is 11.3 Å². The molecular formula is C23H23N5O2S. The molecule has 0 spiro atoms. The molecule has 2 aromatic heterocycles. The highest BCUT2D eigenvalue weighted by atomic mass is 32.1. The van der Waals surface area contributed by atoms with E-state index in [0.29, 0.717) is 29.2 Å². The zero-order valence-electron chi connectivity index (χ0n) is 17.0. The van der Waals surface area contributed by atoms with Crippen molar-refractivity contribution in [3.8, 4) is 0 Å². The maximum absolute atomic E-state index is 13.0. The predicted molar refractivity (Wildman–Crippen MR) is 122 cm³/mol. The van der Waals surface area contributed by atoms with Gasteiger partial charge in [0, 0.05) is 12.5 Å². The number of piperidine rings is 1. The second-order valence-electron chi connectivity index (χ2n) is 8.00. The highest BCUT2D eigenvalue weighted by Gasteiger charge is 2.25. The highest BCUT2D eigenvalue weighted by molar-refractivity contribution is 7.18. The number of hydrogen-bond acceptors (Lipinski definition) is 6. The maximum Gasteiger partial charge on any atom is 0.261 e. The lowest BCUT2D eigenvalue weighted by Gasteiger charge is -2.32. The van der Waals surface area contributed by atoms with Crippen molar-refractivity contribution in [3.63, 3.8) is 0 Å². The Bertz CT molecular complexity index is 1300. The van der Waals surface area contributed by atoms with E-state index in [9.17, 15) is 9.59 Å². The summed E-state index contributed by atoms with van der Waals surface area (Å²) in [6, 6.07) is 15.4. The second-order valence-corrected chi connectivity index (χ2v) is 9.06. The fraction of sp³-hybridized carbons (Fsp3) is 0.304. The van der Waals surface area contributed by atoms with Crippen molar-refractivity contribution in [2.45, 2.75) is 31.8 Å². The van der Waals surface area contributed by atoms with Crippen molar-refractivity contribution in [1.29, 1.82) is 0 Å². The van der Waals surface area contributed by atoms with Gasteiger partial charge in [0.25, 0.3) is 5.56 Å². The van der Waals surface area contributed by atoms with Gasteiger partial charge in [-0.25, -0.2) is 9.97 Å². The van der Waals surface area contributed by atoms with Crippen molar-refractivity contribution < 1.29 is 4.79 Å². The first-order valence-electron chi connectivity index (χ1n) is 10.4. The van der Waals surface area contributed by atoms with Gasteiger partial charge in [0.2, 0.25) is 5.91 Å². The molecule has 4 aromatic rings. The molecule has 0 unspecified atom stereocenters. The molecule has 0 bridgehead atoms. The number of nitrogens with two attached hydrogens (primary N) is 1. The molecule has 8 heteroatoms. The van der Waals surface area contributed by atoms with E-state index in [1.54, 1.807) is 23.5 Å². The van der Waals surface area contributed by atoms with Crippen LogP contribution in [0.2, 0.25) is 0 Å². The summed E-state index contributed by atoms with van der Waals surface area (Å²) in [5.41, 5.74) is 6.89. The summed E-state index contributed by atoms with van der Waals surface area (Å²) < 4.78 is 2.63. The molecule has 1 fully saturated rings. The largest absolute Gasteiger partial charge is 0.368 e. The summed E-state index contributed by atoms with van der Waals surface area (Å²) in [4.78, 5) is 36.5. The van der Waals surface area contributed by atoms with Crippen LogP contribution in [-0.4, -0.2) is 38.4 Å². The number of para-hydroxylation sites is 2. The first kappa shape index (κ1) is 19.8. The second kappa shape index (κ2) is 8.20. The van der Waals surface area contributed by atoms with Crippen LogP contribution in [-0.2, 0) is 17.9 Å². The van der Waals surface area contributed by atoms with E-state index in [1.165, 1.54) is 9.27 Å². The van der Waals surface area contributed by atoms with E-state index in [1.807, 2.05) is 24.3 Å². The molecule has 1 amide bonds. The first-order chi connectivity index (χ1) is 15.1. The third-order valence-corrected chi connectivity index (χ3v) is 6.98. The SMILES string of the molecule is NC(=O)Cn1c(CN2CCC[C@H](c3nc4ccccc4s3)C2)nc2ccccc2c1=O. The summed E-state index contributed by atoms with van der Waals surface area (Å²) in [7, 11) is 0. The number of thiazole rings is 1. The quantitative estimate of drug-likeness (QED) is 0.522. The van der Waals surface area contributed by atoms with Gasteiger partial charge in [-0.3, -0.25) is 19.1 Å². The molecule has 1 atom stereocenters. The molecule has 0 aliphatic carbocycles. The third kappa shape index (κ3) is 3.96. The first-order valence-corrected chi connectivity index (χ1v) is 11.2. The van der Waals surface area contributed by atoms with E-state index in [0.717, 1.165) is 36.5 Å². The molecule has 158 valence electrons. The highest BCUT2D eigenvalue weighted by Crippen LogP contribution is 2.33. The van der Waals surface area contributed by atoms with E-state index in [4.69, 9.17) is 15.7 Å². The minimum Gasteiger partial charge on any atom is -0.368 e. The Morgan fingerprint density at radius 2 is 1.87 bits per heavy atom. The van der Waals surface area contributed by atoms with Crippen LogP contribution in [0.3, 0.4) is 0 Å². The molecular weight excluding hydrogens is 410 g/mol. The Labute approximate surface area is 183 Å². The molecule has 3 heterocycles. The van der Waals surface area contributed by atoms with Crippen molar-refractivity contribution in [2.75, 3.05) is 13.1 Å². The van der Waals surface area contributed by atoms with Crippen LogP contribution in [0.15, 0.2) is 53.3 Å². The summed E-state index contributed by atoms with van der Waals surface area (Å²) in [5.74, 6) is 0.377. The van der Waals surface area contributed by atoms with Crippen LogP contribution in [0.25, 0.3) is 21.1 Å². The van der Waals surface area contributed by atoms with E-state index < -0.39 is 5.91 Å². The van der Waals surface area contributed by atoms with Crippen LogP contribution in [0.5, 0.6) is 0 Å². The van der Waals surface area contributed by atoms with E-state index in [2.05, 4.69) is 17.0 Å². The summed E-state index contributed by atoms with van der Waals surface area (Å²) in [6.45, 7) is 2.09. The summed E-state index contributed by atoms with van der Waals surface area (Å²) in [6.07, 6.45) is 2.14. The van der Waals surface area contributed by atoms with Crippen LogP contribution < -0.4 is 11.3 Å². The average Bonchev–Trinajstić information content (AvgIpc) is 3.21. The lowest BCUT2D eigenvalue weighted by Crippen LogP contribution is -2.38. The summed E-state index contributed by atoms with van der Waals surface area (Å²) >= 11 is 1.76. The van der Waals surface area contributed by atoms with Gasteiger partial charge in [-0.1, -0.05) is 24.3 Å². The molecule has 2 aromatic carbocycles. The number of rotatable bonds is 5. The van der Waals surface area contributed by atoms with Gasteiger partial charge in [0.1, 0.15) is 12.4 Å². The monoisotopic (exact) mass is 433 g/mol. The minimum absolute atomic E-state index is 0.166.